The zero-order valence-electron chi connectivity index (χ0n) is 13.7. The van der Waals surface area contributed by atoms with Gasteiger partial charge in [-0.15, -0.1) is 11.3 Å². The number of ether oxygens (including phenoxy) is 1. The highest BCUT2D eigenvalue weighted by atomic mass is 32.1. The summed E-state index contributed by atoms with van der Waals surface area (Å²) < 4.78 is 23.8. The van der Waals surface area contributed by atoms with Gasteiger partial charge in [0.05, 0.1) is 23.8 Å². The number of carbonyl (C=O) groups is 1. The quantitative estimate of drug-likeness (QED) is 0.698. The van der Waals surface area contributed by atoms with Gasteiger partial charge in [0.2, 0.25) is 0 Å². The summed E-state index contributed by atoms with van der Waals surface area (Å²) in [5, 5.41) is 5.83. The largest absolute Gasteiger partial charge is 0.458 e. The lowest BCUT2D eigenvalue weighted by molar-refractivity contribution is 0.0506. The Morgan fingerprint density at radius 1 is 1.38 bits per heavy atom. The smallest absolute Gasteiger partial charge is 0.316 e. The Hall–Kier alpha value is -2.81. The molecule has 1 fully saturated rings. The molecule has 0 bridgehead atoms. The van der Waals surface area contributed by atoms with Gasteiger partial charge in [0.1, 0.15) is 6.10 Å². The summed E-state index contributed by atoms with van der Waals surface area (Å²) in [4.78, 5) is 22.9. The third kappa shape index (κ3) is 3.57. The van der Waals surface area contributed by atoms with Crippen molar-refractivity contribution in [3.63, 3.8) is 0 Å². The summed E-state index contributed by atoms with van der Waals surface area (Å²) >= 11 is 1.52. The van der Waals surface area contributed by atoms with Crippen LogP contribution in [0, 0.1) is 5.82 Å². The SMILES string of the molecule is O=C(c1cc(-c2cccs2)on1)N1CCCC(Oc2ncc(F)cn2)C1. The van der Waals surface area contributed by atoms with Crippen LogP contribution in [0.3, 0.4) is 0 Å². The van der Waals surface area contributed by atoms with Crippen molar-refractivity contribution in [3.05, 3.63) is 47.5 Å². The summed E-state index contributed by atoms with van der Waals surface area (Å²) in [7, 11) is 0. The molecule has 1 amide bonds. The Kier molecular flexibility index (Phi) is 4.61. The molecule has 1 atom stereocenters. The number of hydrogen-bond acceptors (Lipinski definition) is 7. The molecule has 4 rings (SSSR count). The molecule has 0 radical (unpaired) electrons. The van der Waals surface area contributed by atoms with Crippen LogP contribution in [0.15, 0.2) is 40.5 Å². The molecule has 26 heavy (non-hydrogen) atoms. The van der Waals surface area contributed by atoms with Crippen LogP contribution in [0.25, 0.3) is 10.6 Å². The first-order valence-corrected chi connectivity index (χ1v) is 9.01. The molecule has 1 aliphatic rings. The highest BCUT2D eigenvalue weighted by Gasteiger charge is 2.28. The van der Waals surface area contributed by atoms with Crippen molar-refractivity contribution in [1.82, 2.24) is 20.0 Å². The average Bonchev–Trinajstić information content (AvgIpc) is 3.35. The van der Waals surface area contributed by atoms with Crippen molar-refractivity contribution in [1.29, 1.82) is 0 Å². The van der Waals surface area contributed by atoms with Crippen molar-refractivity contribution >= 4 is 17.2 Å². The zero-order valence-corrected chi connectivity index (χ0v) is 14.5. The van der Waals surface area contributed by atoms with Gasteiger partial charge in [-0.05, 0) is 24.3 Å². The third-order valence-corrected chi connectivity index (χ3v) is 4.91. The van der Waals surface area contributed by atoms with Gasteiger partial charge in [-0.25, -0.2) is 14.4 Å². The van der Waals surface area contributed by atoms with Crippen molar-refractivity contribution in [2.24, 2.45) is 0 Å². The van der Waals surface area contributed by atoms with Crippen LogP contribution in [0.2, 0.25) is 0 Å². The van der Waals surface area contributed by atoms with Gasteiger partial charge < -0.3 is 14.2 Å². The summed E-state index contributed by atoms with van der Waals surface area (Å²) in [5.41, 5.74) is 0.270. The van der Waals surface area contributed by atoms with Crippen LogP contribution >= 0.6 is 11.3 Å². The second kappa shape index (κ2) is 7.20. The number of thiophene rings is 1. The maximum Gasteiger partial charge on any atom is 0.316 e. The van der Waals surface area contributed by atoms with E-state index in [0.29, 0.717) is 18.8 Å². The monoisotopic (exact) mass is 374 g/mol. The lowest BCUT2D eigenvalue weighted by Crippen LogP contribution is -2.44. The molecule has 1 aliphatic heterocycles. The number of likely N-dealkylation sites (tertiary alicyclic amines) is 1. The van der Waals surface area contributed by atoms with Crippen LogP contribution in [0.1, 0.15) is 23.3 Å². The van der Waals surface area contributed by atoms with Gasteiger partial charge in [0, 0.05) is 12.6 Å². The molecule has 0 N–H and O–H groups in total. The first kappa shape index (κ1) is 16.6. The lowest BCUT2D eigenvalue weighted by Gasteiger charge is -2.31. The van der Waals surface area contributed by atoms with Gasteiger partial charge in [0.15, 0.2) is 17.3 Å². The fraction of sp³-hybridized carbons (Fsp3) is 0.294. The predicted molar refractivity (Wildman–Crippen MR) is 91.4 cm³/mol. The number of hydrogen-bond donors (Lipinski definition) is 0. The van der Waals surface area contributed by atoms with E-state index in [1.165, 1.54) is 11.3 Å². The Morgan fingerprint density at radius 3 is 3.00 bits per heavy atom. The molecule has 134 valence electrons. The number of aromatic nitrogens is 3. The first-order valence-electron chi connectivity index (χ1n) is 8.13. The molecule has 9 heteroatoms. The van der Waals surface area contributed by atoms with E-state index in [0.717, 1.165) is 30.1 Å². The topological polar surface area (TPSA) is 81.4 Å². The van der Waals surface area contributed by atoms with Crippen molar-refractivity contribution in [2.45, 2.75) is 18.9 Å². The van der Waals surface area contributed by atoms with E-state index < -0.39 is 5.82 Å². The second-order valence-corrected chi connectivity index (χ2v) is 6.82. The minimum Gasteiger partial charge on any atom is -0.458 e. The molecule has 0 aliphatic carbocycles. The molecule has 7 nitrogen and oxygen atoms in total. The minimum absolute atomic E-state index is 0.104. The van der Waals surface area contributed by atoms with Gasteiger partial charge in [-0.3, -0.25) is 4.79 Å². The van der Waals surface area contributed by atoms with E-state index in [1.807, 2.05) is 17.5 Å². The molecule has 3 aromatic heterocycles. The van der Waals surface area contributed by atoms with E-state index in [-0.39, 0.29) is 23.7 Å². The highest BCUT2D eigenvalue weighted by Crippen LogP contribution is 2.26. The normalized spacial score (nSPS) is 17.3. The molecule has 4 heterocycles. The van der Waals surface area contributed by atoms with Crippen molar-refractivity contribution in [3.8, 4) is 16.6 Å². The molecular formula is C17H15FN4O3S. The lowest BCUT2D eigenvalue weighted by atomic mass is 10.1. The fourth-order valence-corrected chi connectivity index (χ4v) is 3.48. The number of nitrogens with zero attached hydrogens (tertiary/aromatic N) is 4. The van der Waals surface area contributed by atoms with Crippen LogP contribution in [-0.2, 0) is 0 Å². The summed E-state index contributed by atoms with van der Waals surface area (Å²) in [6, 6.07) is 5.58. The van der Waals surface area contributed by atoms with Crippen LogP contribution in [0.4, 0.5) is 4.39 Å². The van der Waals surface area contributed by atoms with Crippen molar-refractivity contribution < 1.29 is 18.4 Å². The second-order valence-electron chi connectivity index (χ2n) is 5.87. The molecule has 0 aromatic carbocycles. The number of rotatable bonds is 4. The molecular weight excluding hydrogens is 359 g/mol. The Balaban J connectivity index is 1.42. The van der Waals surface area contributed by atoms with E-state index in [4.69, 9.17) is 9.26 Å². The summed E-state index contributed by atoms with van der Waals surface area (Å²) in [6.45, 7) is 1.00. The molecule has 1 saturated heterocycles. The zero-order chi connectivity index (χ0) is 17.9. The summed E-state index contributed by atoms with van der Waals surface area (Å²) in [5.74, 6) is -0.150. The van der Waals surface area contributed by atoms with Crippen LogP contribution < -0.4 is 4.74 Å². The fourth-order valence-electron chi connectivity index (χ4n) is 2.80. The number of piperidine rings is 1. The number of halogens is 1. The number of carbonyl (C=O) groups excluding carboxylic acids is 1. The van der Waals surface area contributed by atoms with Gasteiger partial charge in [-0.1, -0.05) is 11.2 Å². The van der Waals surface area contributed by atoms with E-state index in [2.05, 4.69) is 15.1 Å². The van der Waals surface area contributed by atoms with Gasteiger partial charge in [0.25, 0.3) is 5.91 Å². The number of amides is 1. The van der Waals surface area contributed by atoms with E-state index in [9.17, 15) is 9.18 Å². The summed E-state index contributed by atoms with van der Waals surface area (Å²) in [6.07, 6.45) is 3.41. The Bertz CT molecular complexity index is 882. The Morgan fingerprint density at radius 2 is 2.23 bits per heavy atom. The third-order valence-electron chi connectivity index (χ3n) is 4.03. The Labute approximate surface area is 152 Å². The molecule has 3 aromatic rings. The van der Waals surface area contributed by atoms with Gasteiger partial charge in [-0.2, -0.15) is 0 Å². The highest BCUT2D eigenvalue weighted by molar-refractivity contribution is 7.13. The van der Waals surface area contributed by atoms with E-state index >= 15 is 0 Å². The van der Waals surface area contributed by atoms with E-state index in [1.54, 1.807) is 11.0 Å². The molecule has 0 saturated carbocycles. The maximum absolute atomic E-state index is 12.9. The predicted octanol–water partition coefficient (Wildman–Crippen LogP) is 3.02. The minimum atomic E-state index is -0.523. The first-order chi connectivity index (χ1) is 12.7. The van der Waals surface area contributed by atoms with Crippen molar-refractivity contribution in [2.75, 3.05) is 13.1 Å². The van der Waals surface area contributed by atoms with Crippen LogP contribution in [-0.4, -0.2) is 45.1 Å². The molecule has 1 unspecified atom stereocenters. The maximum atomic E-state index is 12.9. The molecule has 0 spiro atoms. The van der Waals surface area contributed by atoms with Crippen LogP contribution in [0.5, 0.6) is 6.01 Å². The average molecular weight is 374 g/mol. The standard InChI is InChI=1S/C17H15FN4O3S/c18-11-8-19-17(20-9-11)24-12-3-1-5-22(10-12)16(23)13-7-14(25-21-13)15-4-2-6-26-15/h2,4,6-9,12H,1,3,5,10H2. The van der Waals surface area contributed by atoms with Gasteiger partial charge >= 0.3 is 6.01 Å².